The molecule has 0 saturated carbocycles. The summed E-state index contributed by atoms with van der Waals surface area (Å²) in [7, 11) is 0. The fraction of sp³-hybridized carbons (Fsp3) is 0.933. The van der Waals surface area contributed by atoms with Crippen LogP contribution >= 0.6 is 27.3 Å². The number of nitrogens with one attached hydrogen (secondary N) is 2. The fourth-order valence-corrected chi connectivity index (χ4v) is 3.24. The van der Waals surface area contributed by atoms with Crippen molar-refractivity contribution in [3.8, 4) is 0 Å². The number of amides is 1. The number of carbonyl (C=O) groups excluding carboxylic acids is 1. The third-order valence-corrected chi connectivity index (χ3v) is 4.78. The fourth-order valence-electron chi connectivity index (χ4n) is 2.32. The summed E-state index contributed by atoms with van der Waals surface area (Å²) in [5, 5.41) is 2.81. The average Bonchev–Trinajstić information content (AvgIpc) is 2.46. The van der Waals surface area contributed by atoms with Crippen LogP contribution < -0.4 is 10.6 Å². The van der Waals surface area contributed by atoms with Crippen LogP contribution in [0.15, 0.2) is 0 Å². The maximum Gasteiger partial charge on any atom is 0.386 e. The molecule has 0 radical (unpaired) electrons. The first-order chi connectivity index (χ1) is 10.7. The van der Waals surface area contributed by atoms with Crippen LogP contribution in [0.25, 0.3) is 0 Å². The summed E-state index contributed by atoms with van der Waals surface area (Å²) in [6, 6.07) is 0. The first kappa shape index (κ1) is 23.3. The van der Waals surface area contributed by atoms with E-state index in [1.807, 2.05) is 6.92 Å². The van der Waals surface area contributed by atoms with Crippen LogP contribution in [-0.2, 0) is 13.9 Å². The normalized spacial score (nSPS) is 16.6. The van der Waals surface area contributed by atoms with Gasteiger partial charge in [0.1, 0.15) is 0 Å². The van der Waals surface area contributed by atoms with Crippen LogP contribution in [0.5, 0.6) is 0 Å². The molecule has 0 aromatic heterocycles. The molecule has 0 aliphatic rings. The van der Waals surface area contributed by atoms with Crippen molar-refractivity contribution < 1.29 is 18.8 Å². The van der Waals surface area contributed by atoms with E-state index in [9.17, 15) is 9.36 Å². The molecule has 0 fully saturated rings. The summed E-state index contributed by atoms with van der Waals surface area (Å²) >= 11 is 1.42. The standard InChI is InChI=1S/C15H32IN2O4P/c1-4-17-9-7-5-6-8-15(19)18-11-13(2)10-14(3)12-22-23(16,20)21/h13-14,17H,4-12H2,1-3H3,(H,18,19)(H,20,21). The van der Waals surface area contributed by atoms with Crippen LogP contribution in [0, 0.1) is 11.8 Å². The summed E-state index contributed by atoms with van der Waals surface area (Å²) < 4.78 is 16.0. The molecule has 0 aromatic rings. The second-order valence-corrected chi connectivity index (χ2v) is 11.0. The Morgan fingerprint density at radius 1 is 1.26 bits per heavy atom. The molecule has 8 heteroatoms. The topological polar surface area (TPSA) is 87.7 Å². The Morgan fingerprint density at radius 3 is 2.57 bits per heavy atom. The number of hydrogen-bond donors (Lipinski definition) is 3. The van der Waals surface area contributed by atoms with Gasteiger partial charge < -0.3 is 20.1 Å². The highest BCUT2D eigenvalue weighted by molar-refractivity contribution is 14.2. The summed E-state index contributed by atoms with van der Waals surface area (Å²) in [5.74, 6) is 0.609. The monoisotopic (exact) mass is 462 g/mol. The van der Waals surface area contributed by atoms with Gasteiger partial charge in [0.05, 0.1) is 28.6 Å². The maximum atomic E-state index is 11.8. The largest absolute Gasteiger partial charge is 0.386 e. The maximum absolute atomic E-state index is 11.8. The summed E-state index contributed by atoms with van der Waals surface area (Å²) in [6.07, 6.45) is 4.54. The van der Waals surface area contributed by atoms with Crippen LogP contribution in [-0.4, -0.2) is 37.0 Å². The van der Waals surface area contributed by atoms with Crippen molar-refractivity contribution in [2.75, 3.05) is 26.2 Å². The molecule has 138 valence electrons. The van der Waals surface area contributed by atoms with Crippen molar-refractivity contribution in [2.24, 2.45) is 11.8 Å². The van der Waals surface area contributed by atoms with E-state index >= 15 is 0 Å². The summed E-state index contributed by atoms with van der Waals surface area (Å²) in [4.78, 5) is 20.8. The molecule has 0 spiro atoms. The van der Waals surface area contributed by atoms with Crippen molar-refractivity contribution >= 4 is 33.2 Å². The van der Waals surface area contributed by atoms with Gasteiger partial charge in [-0.2, -0.15) is 0 Å². The van der Waals surface area contributed by atoms with E-state index in [2.05, 4.69) is 24.5 Å². The van der Waals surface area contributed by atoms with E-state index < -0.39 is 5.24 Å². The Bertz CT molecular complexity index is 365. The summed E-state index contributed by atoms with van der Waals surface area (Å²) in [6.45, 7) is 9.06. The molecule has 0 aliphatic heterocycles. The lowest BCUT2D eigenvalue weighted by Crippen LogP contribution is -2.29. The Morgan fingerprint density at radius 2 is 1.96 bits per heavy atom. The van der Waals surface area contributed by atoms with Crippen molar-refractivity contribution in [1.29, 1.82) is 0 Å². The first-order valence-corrected chi connectivity index (χ1v) is 12.7. The van der Waals surface area contributed by atoms with Crippen LogP contribution in [0.1, 0.15) is 52.9 Å². The zero-order valence-electron chi connectivity index (χ0n) is 14.5. The highest BCUT2D eigenvalue weighted by Crippen LogP contribution is 2.51. The van der Waals surface area contributed by atoms with Gasteiger partial charge in [0.2, 0.25) is 5.91 Å². The second-order valence-electron chi connectivity index (χ2n) is 6.16. The number of halogens is 1. The van der Waals surface area contributed by atoms with Gasteiger partial charge in [-0.3, -0.25) is 4.79 Å². The Kier molecular flexibility index (Phi) is 13.8. The van der Waals surface area contributed by atoms with E-state index in [1.54, 1.807) is 0 Å². The lowest BCUT2D eigenvalue weighted by Gasteiger charge is -2.18. The molecule has 0 bridgehead atoms. The second kappa shape index (κ2) is 13.6. The Hall–Kier alpha value is 0.310. The Balaban J connectivity index is 3.65. The predicted molar refractivity (Wildman–Crippen MR) is 103 cm³/mol. The molecule has 0 rings (SSSR count). The van der Waals surface area contributed by atoms with Crippen molar-refractivity contribution in [3.63, 3.8) is 0 Å². The third-order valence-electron chi connectivity index (χ3n) is 3.48. The van der Waals surface area contributed by atoms with Crippen molar-refractivity contribution in [2.45, 2.75) is 52.9 Å². The van der Waals surface area contributed by atoms with Crippen molar-refractivity contribution in [1.82, 2.24) is 10.6 Å². The predicted octanol–water partition coefficient (Wildman–Crippen LogP) is 3.49. The number of rotatable bonds is 14. The Labute approximate surface area is 153 Å². The SMILES string of the molecule is CCNCCCCCC(=O)NCC(C)CC(C)COP(=O)(O)I. The smallest absolute Gasteiger partial charge is 0.356 e. The van der Waals surface area contributed by atoms with Crippen LogP contribution in [0.2, 0.25) is 0 Å². The molecular weight excluding hydrogens is 430 g/mol. The van der Waals surface area contributed by atoms with Gasteiger partial charge in [-0.15, -0.1) is 0 Å². The van der Waals surface area contributed by atoms with E-state index in [-0.39, 0.29) is 18.4 Å². The number of carbonyl (C=O) groups is 1. The molecule has 0 aliphatic carbocycles. The van der Waals surface area contributed by atoms with Gasteiger partial charge in [-0.05, 0) is 44.2 Å². The first-order valence-electron chi connectivity index (χ1n) is 8.39. The minimum atomic E-state index is -3.42. The van der Waals surface area contributed by atoms with Gasteiger partial charge in [0.25, 0.3) is 0 Å². The van der Waals surface area contributed by atoms with Crippen LogP contribution in [0.4, 0.5) is 0 Å². The lowest BCUT2D eigenvalue weighted by atomic mass is 9.98. The molecule has 3 N–H and O–H groups in total. The van der Waals surface area contributed by atoms with E-state index in [0.29, 0.717) is 18.9 Å². The van der Waals surface area contributed by atoms with Gasteiger partial charge in [0.15, 0.2) is 0 Å². The van der Waals surface area contributed by atoms with Crippen LogP contribution in [0.3, 0.4) is 0 Å². The molecule has 1 amide bonds. The molecule has 0 aromatic carbocycles. The van der Waals surface area contributed by atoms with Gasteiger partial charge >= 0.3 is 5.24 Å². The molecule has 3 unspecified atom stereocenters. The number of unbranched alkanes of at least 4 members (excludes halogenated alkanes) is 2. The highest BCUT2D eigenvalue weighted by atomic mass is 127. The van der Waals surface area contributed by atoms with E-state index in [4.69, 9.17) is 9.42 Å². The molecule has 23 heavy (non-hydrogen) atoms. The summed E-state index contributed by atoms with van der Waals surface area (Å²) in [5.41, 5.74) is 0. The third kappa shape index (κ3) is 16.9. The van der Waals surface area contributed by atoms with Crippen molar-refractivity contribution in [3.05, 3.63) is 0 Å². The lowest BCUT2D eigenvalue weighted by molar-refractivity contribution is -0.121. The molecule has 6 nitrogen and oxygen atoms in total. The van der Waals surface area contributed by atoms with Gasteiger partial charge in [-0.25, -0.2) is 4.57 Å². The van der Waals surface area contributed by atoms with E-state index in [1.165, 1.54) is 22.0 Å². The molecule has 0 saturated heterocycles. The molecular formula is C15H32IN2O4P. The molecule has 3 atom stereocenters. The minimum absolute atomic E-state index is 0.108. The quantitative estimate of drug-likeness (QED) is 0.209. The van der Waals surface area contributed by atoms with Gasteiger partial charge in [-0.1, -0.05) is 27.2 Å². The minimum Gasteiger partial charge on any atom is -0.356 e. The zero-order valence-corrected chi connectivity index (χ0v) is 17.6. The highest BCUT2D eigenvalue weighted by Gasteiger charge is 2.16. The molecule has 0 heterocycles. The average molecular weight is 462 g/mol. The zero-order chi connectivity index (χ0) is 17.7. The van der Waals surface area contributed by atoms with Gasteiger partial charge in [0, 0.05) is 13.0 Å². The number of hydrogen-bond acceptors (Lipinski definition) is 4. The van der Waals surface area contributed by atoms with E-state index in [0.717, 1.165) is 38.8 Å².